The molecule has 1 N–H and O–H groups in total. The van der Waals surface area contributed by atoms with E-state index in [0.717, 1.165) is 6.54 Å². The molecule has 0 aliphatic carbocycles. The molecule has 0 radical (unpaired) electrons. The molecule has 0 saturated carbocycles. The maximum absolute atomic E-state index is 3.76. The molecule has 2 aromatic carbocycles. The van der Waals surface area contributed by atoms with Crippen LogP contribution in [0, 0.1) is 0 Å². The Morgan fingerprint density at radius 1 is 0.842 bits per heavy atom. The Balaban J connectivity index is 2.12. The van der Waals surface area contributed by atoms with Crippen molar-refractivity contribution >= 4 is 13.4 Å². The smallest absolute Gasteiger partial charge is 0.0244 e. The molecule has 0 aliphatic rings. The minimum atomic E-state index is -0.370. The van der Waals surface area contributed by atoms with E-state index in [-0.39, 0.29) is 13.2 Å². The Morgan fingerprint density at radius 2 is 1.37 bits per heavy atom. The lowest BCUT2D eigenvalue weighted by Crippen LogP contribution is -2.28. The molecular weight excluding hydrogens is 249 g/mol. The molecule has 1 nitrogen and oxygen atoms in total. The van der Waals surface area contributed by atoms with Crippen LogP contribution in [-0.4, -0.2) is 5.16 Å². The first-order valence-corrected chi connectivity index (χ1v) is 8.04. The molecule has 2 heteroatoms. The van der Waals surface area contributed by atoms with Crippen molar-refractivity contribution < 1.29 is 0 Å². The average molecular weight is 271 g/mol. The molecular formula is C17H22NP. The SMILES string of the molecule is CC(C)(C)P(NCc1ccccc1)c1ccccc1. The summed E-state index contributed by atoms with van der Waals surface area (Å²) in [6.07, 6.45) is 0. The van der Waals surface area contributed by atoms with Crippen LogP contribution < -0.4 is 10.4 Å². The molecule has 100 valence electrons. The van der Waals surface area contributed by atoms with Gasteiger partial charge in [-0.2, -0.15) is 0 Å². The number of hydrogen-bond donors (Lipinski definition) is 1. The van der Waals surface area contributed by atoms with E-state index in [1.54, 1.807) is 0 Å². The molecule has 2 rings (SSSR count). The van der Waals surface area contributed by atoms with Gasteiger partial charge in [0.05, 0.1) is 0 Å². The van der Waals surface area contributed by atoms with Gasteiger partial charge in [-0.1, -0.05) is 81.4 Å². The molecule has 0 spiro atoms. The predicted molar refractivity (Wildman–Crippen MR) is 86.0 cm³/mol. The zero-order valence-electron chi connectivity index (χ0n) is 11.9. The first-order valence-electron chi connectivity index (χ1n) is 6.70. The molecule has 0 aromatic heterocycles. The van der Waals surface area contributed by atoms with Crippen molar-refractivity contribution in [3.63, 3.8) is 0 Å². The van der Waals surface area contributed by atoms with Crippen molar-refractivity contribution in [2.45, 2.75) is 32.5 Å². The van der Waals surface area contributed by atoms with E-state index in [2.05, 4.69) is 86.5 Å². The summed E-state index contributed by atoms with van der Waals surface area (Å²) >= 11 is 0. The van der Waals surface area contributed by atoms with Crippen LogP contribution in [0.5, 0.6) is 0 Å². The summed E-state index contributed by atoms with van der Waals surface area (Å²) in [6, 6.07) is 21.4. The predicted octanol–water partition coefficient (Wildman–Crippen LogP) is 4.30. The van der Waals surface area contributed by atoms with Crippen LogP contribution in [0.4, 0.5) is 0 Å². The van der Waals surface area contributed by atoms with Gasteiger partial charge < -0.3 is 0 Å². The van der Waals surface area contributed by atoms with Crippen LogP contribution >= 0.6 is 8.07 Å². The average Bonchev–Trinajstić information content (AvgIpc) is 2.40. The van der Waals surface area contributed by atoms with Crippen molar-refractivity contribution in [2.75, 3.05) is 0 Å². The van der Waals surface area contributed by atoms with Crippen LogP contribution in [0.2, 0.25) is 0 Å². The molecule has 0 aliphatic heterocycles. The van der Waals surface area contributed by atoms with Gasteiger partial charge in [-0.05, 0) is 24.1 Å². The fourth-order valence-corrected chi connectivity index (χ4v) is 4.30. The summed E-state index contributed by atoms with van der Waals surface area (Å²) in [5, 5.41) is 5.43. The van der Waals surface area contributed by atoms with Gasteiger partial charge in [-0.3, -0.25) is 5.09 Å². The van der Waals surface area contributed by atoms with Gasteiger partial charge in [-0.25, -0.2) is 0 Å². The van der Waals surface area contributed by atoms with Crippen molar-refractivity contribution in [2.24, 2.45) is 0 Å². The van der Waals surface area contributed by atoms with Crippen molar-refractivity contribution in [1.82, 2.24) is 5.09 Å². The summed E-state index contributed by atoms with van der Waals surface area (Å²) in [6.45, 7) is 7.86. The molecule has 0 fully saturated rings. The first kappa shape index (κ1) is 14.2. The molecule has 19 heavy (non-hydrogen) atoms. The van der Waals surface area contributed by atoms with Crippen molar-refractivity contribution in [3.8, 4) is 0 Å². The topological polar surface area (TPSA) is 12.0 Å². The molecule has 2 aromatic rings. The molecule has 0 heterocycles. The third-order valence-corrected chi connectivity index (χ3v) is 5.60. The minimum absolute atomic E-state index is 0.255. The summed E-state index contributed by atoms with van der Waals surface area (Å²) < 4.78 is 0. The van der Waals surface area contributed by atoms with Crippen molar-refractivity contribution in [1.29, 1.82) is 0 Å². The van der Waals surface area contributed by atoms with E-state index >= 15 is 0 Å². The van der Waals surface area contributed by atoms with E-state index < -0.39 is 0 Å². The second kappa shape index (κ2) is 6.32. The number of benzene rings is 2. The maximum Gasteiger partial charge on any atom is 0.0244 e. The maximum atomic E-state index is 3.76. The summed E-state index contributed by atoms with van der Waals surface area (Å²) in [4.78, 5) is 0. The van der Waals surface area contributed by atoms with Crippen LogP contribution in [0.3, 0.4) is 0 Å². The highest BCUT2D eigenvalue weighted by molar-refractivity contribution is 7.65. The summed E-state index contributed by atoms with van der Waals surface area (Å²) in [5.74, 6) is 0. The summed E-state index contributed by atoms with van der Waals surface area (Å²) in [5.41, 5.74) is 1.34. The quantitative estimate of drug-likeness (QED) is 0.818. The van der Waals surface area contributed by atoms with E-state index in [0.29, 0.717) is 0 Å². The number of rotatable bonds is 4. The lowest BCUT2D eigenvalue weighted by atomic mass is 10.2. The highest BCUT2D eigenvalue weighted by Crippen LogP contribution is 2.44. The Hall–Kier alpha value is -1.17. The third-order valence-electron chi connectivity index (χ3n) is 2.97. The zero-order valence-corrected chi connectivity index (χ0v) is 12.8. The standard InChI is InChI=1S/C17H22NP/c1-17(2,3)19(16-12-8-5-9-13-16)18-14-15-10-6-4-7-11-15/h4-13,18H,14H2,1-3H3. The third kappa shape index (κ3) is 4.16. The largest absolute Gasteiger partial charge is 0.287 e. The van der Waals surface area contributed by atoms with Gasteiger partial charge >= 0.3 is 0 Å². The van der Waals surface area contributed by atoms with E-state index in [1.807, 2.05) is 0 Å². The summed E-state index contributed by atoms with van der Waals surface area (Å²) in [7, 11) is -0.370. The molecule has 1 unspecified atom stereocenters. The lowest BCUT2D eigenvalue weighted by molar-refractivity contribution is 0.766. The fourth-order valence-electron chi connectivity index (χ4n) is 2.06. The van der Waals surface area contributed by atoms with Gasteiger partial charge in [0.1, 0.15) is 0 Å². The fraction of sp³-hybridized carbons (Fsp3) is 0.294. The van der Waals surface area contributed by atoms with Gasteiger partial charge in [0.25, 0.3) is 0 Å². The van der Waals surface area contributed by atoms with Crippen LogP contribution in [0.15, 0.2) is 60.7 Å². The zero-order chi connectivity index (χ0) is 13.7. The van der Waals surface area contributed by atoms with E-state index in [1.165, 1.54) is 10.9 Å². The van der Waals surface area contributed by atoms with Crippen LogP contribution in [0.1, 0.15) is 26.3 Å². The van der Waals surface area contributed by atoms with Gasteiger partial charge in [0.2, 0.25) is 0 Å². The number of hydrogen-bond acceptors (Lipinski definition) is 1. The first-order chi connectivity index (χ1) is 9.07. The monoisotopic (exact) mass is 271 g/mol. The minimum Gasteiger partial charge on any atom is -0.287 e. The van der Waals surface area contributed by atoms with Crippen LogP contribution in [-0.2, 0) is 6.54 Å². The Labute approximate surface area is 117 Å². The second-order valence-corrected chi connectivity index (χ2v) is 8.51. The highest BCUT2D eigenvalue weighted by atomic mass is 31.1. The molecule has 0 saturated heterocycles. The molecule has 0 bridgehead atoms. The Bertz CT molecular complexity index is 488. The molecule has 1 atom stereocenters. The van der Waals surface area contributed by atoms with Gasteiger partial charge in [-0.15, -0.1) is 0 Å². The van der Waals surface area contributed by atoms with Gasteiger partial charge in [0, 0.05) is 6.54 Å². The Morgan fingerprint density at radius 3 is 1.89 bits per heavy atom. The molecule has 0 amide bonds. The number of nitrogens with one attached hydrogen (secondary N) is 1. The highest BCUT2D eigenvalue weighted by Gasteiger charge is 2.25. The van der Waals surface area contributed by atoms with Crippen molar-refractivity contribution in [3.05, 3.63) is 66.2 Å². The van der Waals surface area contributed by atoms with Gasteiger partial charge in [0.15, 0.2) is 0 Å². The lowest BCUT2D eigenvalue weighted by Gasteiger charge is -2.32. The van der Waals surface area contributed by atoms with E-state index in [9.17, 15) is 0 Å². The van der Waals surface area contributed by atoms with E-state index in [4.69, 9.17) is 0 Å². The normalized spacial score (nSPS) is 13.2. The second-order valence-electron chi connectivity index (χ2n) is 5.66. The Kier molecular flexibility index (Phi) is 4.74. The van der Waals surface area contributed by atoms with Crippen LogP contribution in [0.25, 0.3) is 0 Å².